The normalized spacial score (nSPS) is 14.1. The lowest BCUT2D eigenvalue weighted by Crippen LogP contribution is -1.95. The van der Waals surface area contributed by atoms with E-state index >= 15 is 0 Å². The second-order valence-corrected chi connectivity index (χ2v) is 2.03. The Hall–Kier alpha value is -0.0400. The Morgan fingerprint density at radius 1 is 1.57 bits per heavy atom. The van der Waals surface area contributed by atoms with Gasteiger partial charge in [0.1, 0.15) is 0 Å². The molecule has 1 heteroatoms. The van der Waals surface area contributed by atoms with Crippen molar-refractivity contribution in [2.24, 2.45) is 5.92 Å². The topological polar surface area (TPSA) is 22.3 Å². The molecule has 0 saturated heterocycles. The van der Waals surface area contributed by atoms with E-state index in [0.29, 0.717) is 12.5 Å². The molecule has 2 radical (unpaired) electrons. The second-order valence-electron chi connectivity index (χ2n) is 2.03. The van der Waals surface area contributed by atoms with Gasteiger partial charge >= 0.3 is 0 Å². The van der Waals surface area contributed by atoms with Crippen LogP contribution in [0.1, 0.15) is 26.7 Å². The molecule has 0 aliphatic carbocycles. The van der Waals surface area contributed by atoms with Crippen LogP contribution in [0.5, 0.6) is 0 Å². The van der Waals surface area contributed by atoms with E-state index in [0.717, 1.165) is 6.42 Å². The Morgan fingerprint density at radius 3 is 2.29 bits per heavy atom. The molecule has 0 aliphatic heterocycles. The zero-order chi connectivity index (χ0) is 5.70. The first-order chi connectivity index (χ1) is 3.31. The Morgan fingerprint density at radius 2 is 2.14 bits per heavy atom. The van der Waals surface area contributed by atoms with Gasteiger partial charge in [-0.25, -0.2) is 0 Å². The Kier molecular flexibility index (Phi) is 4.10. The summed E-state index contributed by atoms with van der Waals surface area (Å²) in [6.45, 7) is 4.63. The van der Waals surface area contributed by atoms with Gasteiger partial charge in [0, 0.05) is 6.54 Å². The number of rotatable bonds is 3. The highest BCUT2D eigenvalue weighted by Crippen LogP contribution is 2.03. The van der Waals surface area contributed by atoms with Gasteiger partial charge in [0.15, 0.2) is 0 Å². The Balaban J connectivity index is 2.83. The zero-order valence-electron chi connectivity index (χ0n) is 5.15. The van der Waals surface area contributed by atoms with Gasteiger partial charge in [-0.2, -0.15) is 0 Å². The second kappa shape index (κ2) is 4.13. The van der Waals surface area contributed by atoms with E-state index in [2.05, 4.69) is 13.8 Å². The maximum atomic E-state index is 8.37. The molecule has 0 aliphatic rings. The van der Waals surface area contributed by atoms with Gasteiger partial charge in [0.05, 0.1) is 0 Å². The van der Waals surface area contributed by atoms with Crippen LogP contribution in [0.2, 0.25) is 0 Å². The average molecular weight is 99.2 g/mol. The summed E-state index contributed by atoms with van der Waals surface area (Å²) in [6.07, 6.45) is 2.14. The highest BCUT2D eigenvalue weighted by atomic mass is 14.5. The van der Waals surface area contributed by atoms with Crippen molar-refractivity contribution in [3.8, 4) is 0 Å². The minimum atomic E-state index is 0.342. The van der Waals surface area contributed by atoms with Crippen molar-refractivity contribution in [3.63, 3.8) is 0 Å². The van der Waals surface area contributed by atoms with E-state index in [1.54, 1.807) is 0 Å². The predicted octanol–water partition coefficient (Wildman–Crippen LogP) is 1.49. The molecule has 7 heavy (non-hydrogen) atoms. The first kappa shape index (κ1) is 6.96. The van der Waals surface area contributed by atoms with E-state index in [1.165, 1.54) is 6.42 Å². The van der Waals surface area contributed by atoms with Crippen LogP contribution in [0.15, 0.2) is 0 Å². The molecule has 0 aromatic rings. The summed E-state index contributed by atoms with van der Waals surface area (Å²) in [5.41, 5.74) is 8.37. The highest BCUT2D eigenvalue weighted by molar-refractivity contribution is 4.47. The minimum absolute atomic E-state index is 0.342. The van der Waals surface area contributed by atoms with E-state index in [9.17, 15) is 0 Å². The van der Waals surface area contributed by atoms with Crippen molar-refractivity contribution in [1.82, 2.24) is 5.73 Å². The minimum Gasteiger partial charge on any atom is -0.145 e. The maximum absolute atomic E-state index is 8.37. The van der Waals surface area contributed by atoms with Gasteiger partial charge in [-0.15, -0.1) is 5.73 Å². The van der Waals surface area contributed by atoms with Gasteiger partial charge in [-0.3, -0.25) is 0 Å². The smallest absolute Gasteiger partial charge is 0.0324 e. The van der Waals surface area contributed by atoms with Crippen LogP contribution in [0.4, 0.5) is 0 Å². The lowest BCUT2D eigenvalue weighted by atomic mass is 10.1. The van der Waals surface area contributed by atoms with E-state index in [4.69, 9.17) is 5.73 Å². The predicted molar refractivity (Wildman–Crippen MR) is 31.1 cm³/mol. The molecular formula is C6H13N. The molecule has 0 amide bonds. The third-order valence-corrected chi connectivity index (χ3v) is 1.32. The van der Waals surface area contributed by atoms with Crippen molar-refractivity contribution in [1.29, 1.82) is 0 Å². The third kappa shape index (κ3) is 3.80. The van der Waals surface area contributed by atoms with Gasteiger partial charge in [0.25, 0.3) is 0 Å². The zero-order valence-corrected chi connectivity index (χ0v) is 5.15. The fourth-order valence-electron chi connectivity index (χ4n) is 0.425. The summed E-state index contributed by atoms with van der Waals surface area (Å²) in [6, 6.07) is 0. The summed E-state index contributed by atoms with van der Waals surface area (Å²) in [5.74, 6) is 0.699. The van der Waals surface area contributed by atoms with Crippen molar-refractivity contribution in [2.45, 2.75) is 26.7 Å². The molecule has 0 saturated carbocycles. The van der Waals surface area contributed by atoms with Gasteiger partial charge in [-0.1, -0.05) is 20.3 Å². The quantitative estimate of drug-likeness (QED) is 0.511. The maximum Gasteiger partial charge on any atom is 0.0324 e. The largest absolute Gasteiger partial charge is 0.145 e. The van der Waals surface area contributed by atoms with Crippen LogP contribution in [0.3, 0.4) is 0 Å². The molecule has 0 rings (SSSR count). The van der Waals surface area contributed by atoms with E-state index < -0.39 is 0 Å². The molecular weight excluding hydrogens is 86.1 g/mol. The molecule has 1 atom stereocenters. The number of hydrogen-bond acceptors (Lipinski definition) is 0. The standard InChI is InChI=1S/C6H13N/c1-3-6(2)4-5-7/h6H,3-5H2,1-2H3. The van der Waals surface area contributed by atoms with Crippen molar-refractivity contribution >= 4 is 0 Å². The molecule has 0 N–H and O–H groups in total. The average Bonchev–Trinajstić information content (AvgIpc) is 1.68. The molecule has 0 heterocycles. The van der Waals surface area contributed by atoms with Gasteiger partial charge in [-0.05, 0) is 12.3 Å². The fraction of sp³-hybridized carbons (Fsp3) is 1.00. The summed E-state index contributed by atoms with van der Waals surface area (Å²) in [4.78, 5) is 0. The summed E-state index contributed by atoms with van der Waals surface area (Å²) < 4.78 is 0. The van der Waals surface area contributed by atoms with Gasteiger partial charge in [0.2, 0.25) is 0 Å². The lowest BCUT2D eigenvalue weighted by molar-refractivity contribution is 0.521. The van der Waals surface area contributed by atoms with Crippen molar-refractivity contribution in [2.75, 3.05) is 6.54 Å². The molecule has 0 fully saturated rings. The molecule has 0 bridgehead atoms. The van der Waals surface area contributed by atoms with Crippen LogP contribution in [0, 0.1) is 5.92 Å². The van der Waals surface area contributed by atoms with E-state index in [-0.39, 0.29) is 0 Å². The number of hydrogen-bond donors (Lipinski definition) is 0. The molecule has 42 valence electrons. The molecule has 0 aromatic heterocycles. The first-order valence-electron chi connectivity index (χ1n) is 2.92. The van der Waals surface area contributed by atoms with Crippen LogP contribution in [-0.4, -0.2) is 6.54 Å². The summed E-state index contributed by atoms with van der Waals surface area (Å²) >= 11 is 0. The third-order valence-electron chi connectivity index (χ3n) is 1.32. The summed E-state index contributed by atoms with van der Waals surface area (Å²) in [5, 5.41) is 0. The summed E-state index contributed by atoms with van der Waals surface area (Å²) in [7, 11) is 0. The number of nitrogens with zero attached hydrogens (tertiary/aromatic N) is 1. The van der Waals surface area contributed by atoms with E-state index in [1.807, 2.05) is 0 Å². The molecule has 1 nitrogen and oxygen atoms in total. The lowest BCUT2D eigenvalue weighted by Gasteiger charge is -2.01. The monoisotopic (exact) mass is 99.1 g/mol. The molecule has 1 unspecified atom stereocenters. The van der Waals surface area contributed by atoms with Crippen LogP contribution in [0.25, 0.3) is 0 Å². The molecule has 0 aromatic carbocycles. The first-order valence-corrected chi connectivity index (χ1v) is 2.92. The molecule has 0 spiro atoms. The van der Waals surface area contributed by atoms with Crippen molar-refractivity contribution < 1.29 is 0 Å². The van der Waals surface area contributed by atoms with Gasteiger partial charge < -0.3 is 0 Å². The Bertz CT molecular complexity index is 35.2. The van der Waals surface area contributed by atoms with Crippen molar-refractivity contribution in [3.05, 3.63) is 0 Å². The Labute approximate surface area is 45.9 Å². The fourth-order valence-corrected chi connectivity index (χ4v) is 0.425. The van der Waals surface area contributed by atoms with Crippen LogP contribution in [-0.2, 0) is 0 Å². The van der Waals surface area contributed by atoms with Crippen LogP contribution < -0.4 is 5.73 Å². The SMILES string of the molecule is CCC(C)CC[N]. The van der Waals surface area contributed by atoms with Crippen LogP contribution >= 0.6 is 0 Å². The highest BCUT2D eigenvalue weighted by Gasteiger charge is 1.93.